The number of fused-ring (bicyclic) bond motifs is 1. The van der Waals surface area contributed by atoms with E-state index in [9.17, 15) is 5.11 Å². The van der Waals surface area contributed by atoms with Crippen LogP contribution in [0.3, 0.4) is 0 Å². The molecule has 2 heteroatoms. The normalized spacial score (nSPS) is 30.6. The second kappa shape index (κ2) is 5.16. The molecule has 1 saturated carbocycles. The summed E-state index contributed by atoms with van der Waals surface area (Å²) in [5.41, 5.74) is 2.79. The molecule has 0 amide bonds. The fourth-order valence-electron chi connectivity index (χ4n) is 4.03. The van der Waals surface area contributed by atoms with E-state index in [1.807, 2.05) is 12.1 Å². The highest BCUT2D eigenvalue weighted by atomic mass is 16.3. The van der Waals surface area contributed by atoms with Crippen molar-refractivity contribution in [3.05, 3.63) is 29.3 Å². The third-order valence-corrected chi connectivity index (χ3v) is 5.15. The van der Waals surface area contributed by atoms with Crippen LogP contribution in [0.2, 0.25) is 0 Å². The van der Waals surface area contributed by atoms with Crippen molar-refractivity contribution >= 4 is 0 Å². The SMILES string of the molecule is CC1CCCC(N(C)C2CCc3cc(O)ccc32)C1. The maximum absolute atomic E-state index is 9.59. The first-order chi connectivity index (χ1) is 9.15. The molecular formula is C17H25NO. The van der Waals surface area contributed by atoms with Gasteiger partial charge in [-0.3, -0.25) is 4.90 Å². The molecule has 0 radical (unpaired) electrons. The molecule has 2 aliphatic rings. The molecule has 1 fully saturated rings. The van der Waals surface area contributed by atoms with E-state index in [4.69, 9.17) is 0 Å². The number of hydrogen-bond donors (Lipinski definition) is 1. The van der Waals surface area contributed by atoms with Gasteiger partial charge < -0.3 is 5.11 Å². The second-order valence-corrected chi connectivity index (χ2v) is 6.53. The van der Waals surface area contributed by atoms with Crippen molar-refractivity contribution in [1.82, 2.24) is 4.90 Å². The Morgan fingerprint density at radius 1 is 1.21 bits per heavy atom. The number of nitrogens with zero attached hydrogens (tertiary/aromatic N) is 1. The van der Waals surface area contributed by atoms with Crippen molar-refractivity contribution in [2.75, 3.05) is 7.05 Å². The molecule has 0 spiro atoms. The largest absolute Gasteiger partial charge is 0.508 e. The second-order valence-electron chi connectivity index (χ2n) is 6.53. The van der Waals surface area contributed by atoms with Gasteiger partial charge in [-0.25, -0.2) is 0 Å². The van der Waals surface area contributed by atoms with Gasteiger partial charge >= 0.3 is 0 Å². The number of aryl methyl sites for hydroxylation is 1. The van der Waals surface area contributed by atoms with Gasteiger partial charge in [0.05, 0.1) is 0 Å². The molecule has 3 rings (SSSR count). The predicted octanol–water partition coefficient (Wildman–Crippen LogP) is 3.89. The molecule has 0 saturated heterocycles. The summed E-state index contributed by atoms with van der Waals surface area (Å²) in [5.74, 6) is 1.29. The monoisotopic (exact) mass is 259 g/mol. The quantitative estimate of drug-likeness (QED) is 0.871. The Morgan fingerprint density at radius 3 is 2.84 bits per heavy atom. The number of rotatable bonds is 2. The summed E-state index contributed by atoms with van der Waals surface area (Å²) in [5, 5.41) is 9.59. The Hall–Kier alpha value is -1.02. The molecule has 0 aliphatic heterocycles. The van der Waals surface area contributed by atoms with Gasteiger partial charge in [0.1, 0.15) is 5.75 Å². The van der Waals surface area contributed by atoms with Gasteiger partial charge in [-0.1, -0.05) is 25.8 Å². The summed E-state index contributed by atoms with van der Waals surface area (Å²) >= 11 is 0. The fraction of sp³-hybridized carbons (Fsp3) is 0.647. The van der Waals surface area contributed by atoms with Gasteiger partial charge in [-0.15, -0.1) is 0 Å². The van der Waals surface area contributed by atoms with E-state index in [1.54, 1.807) is 0 Å². The van der Waals surface area contributed by atoms with Crippen LogP contribution in [-0.4, -0.2) is 23.1 Å². The van der Waals surface area contributed by atoms with Crippen molar-refractivity contribution in [3.8, 4) is 5.75 Å². The number of phenols is 1. The Morgan fingerprint density at radius 2 is 2.05 bits per heavy atom. The summed E-state index contributed by atoms with van der Waals surface area (Å²) in [6.45, 7) is 2.39. The lowest BCUT2D eigenvalue weighted by atomic mass is 9.85. The molecule has 2 nitrogen and oxygen atoms in total. The molecule has 1 aromatic carbocycles. The first kappa shape index (κ1) is 13.0. The smallest absolute Gasteiger partial charge is 0.115 e. The van der Waals surface area contributed by atoms with Crippen LogP contribution in [0.5, 0.6) is 5.75 Å². The predicted molar refractivity (Wildman–Crippen MR) is 78.4 cm³/mol. The first-order valence-electron chi connectivity index (χ1n) is 7.69. The van der Waals surface area contributed by atoms with Crippen molar-refractivity contribution in [3.63, 3.8) is 0 Å². The van der Waals surface area contributed by atoms with E-state index in [0.29, 0.717) is 11.8 Å². The summed E-state index contributed by atoms with van der Waals surface area (Å²) < 4.78 is 0. The fourth-order valence-corrected chi connectivity index (χ4v) is 4.03. The molecule has 3 atom stereocenters. The number of benzene rings is 1. The highest BCUT2D eigenvalue weighted by molar-refractivity contribution is 5.40. The zero-order valence-corrected chi connectivity index (χ0v) is 12.1. The Labute approximate surface area is 116 Å². The highest BCUT2D eigenvalue weighted by Crippen LogP contribution is 2.40. The molecule has 2 aliphatic carbocycles. The van der Waals surface area contributed by atoms with Crippen LogP contribution < -0.4 is 0 Å². The third-order valence-electron chi connectivity index (χ3n) is 5.15. The van der Waals surface area contributed by atoms with E-state index in [-0.39, 0.29) is 0 Å². The molecule has 1 aromatic rings. The number of aromatic hydroxyl groups is 1. The average molecular weight is 259 g/mol. The van der Waals surface area contributed by atoms with Crippen molar-refractivity contribution < 1.29 is 5.11 Å². The van der Waals surface area contributed by atoms with Gasteiger partial charge in [0.2, 0.25) is 0 Å². The van der Waals surface area contributed by atoms with Crippen molar-refractivity contribution in [1.29, 1.82) is 0 Å². The number of hydrogen-bond acceptors (Lipinski definition) is 2. The molecule has 1 N–H and O–H groups in total. The van der Waals surface area contributed by atoms with Crippen LogP contribution in [0.15, 0.2) is 18.2 Å². The van der Waals surface area contributed by atoms with Gasteiger partial charge in [0.25, 0.3) is 0 Å². The van der Waals surface area contributed by atoms with Gasteiger partial charge in [0, 0.05) is 12.1 Å². The zero-order valence-electron chi connectivity index (χ0n) is 12.1. The highest BCUT2D eigenvalue weighted by Gasteiger charge is 2.31. The van der Waals surface area contributed by atoms with Crippen LogP contribution in [0.4, 0.5) is 0 Å². The molecule has 0 bridgehead atoms. The average Bonchev–Trinajstić information content (AvgIpc) is 2.80. The van der Waals surface area contributed by atoms with Crippen LogP contribution in [0, 0.1) is 5.92 Å². The van der Waals surface area contributed by atoms with Crippen LogP contribution >= 0.6 is 0 Å². The lowest BCUT2D eigenvalue weighted by Gasteiger charge is -2.38. The van der Waals surface area contributed by atoms with E-state index < -0.39 is 0 Å². The maximum atomic E-state index is 9.59. The molecular weight excluding hydrogens is 234 g/mol. The Balaban J connectivity index is 1.77. The third kappa shape index (κ3) is 2.51. The molecule has 19 heavy (non-hydrogen) atoms. The molecule has 104 valence electrons. The first-order valence-corrected chi connectivity index (χ1v) is 7.69. The summed E-state index contributed by atoms with van der Waals surface area (Å²) in [6.07, 6.45) is 7.80. The Kier molecular flexibility index (Phi) is 3.53. The number of phenolic OH excluding ortho intramolecular Hbond substituents is 1. The van der Waals surface area contributed by atoms with E-state index >= 15 is 0 Å². The van der Waals surface area contributed by atoms with Crippen molar-refractivity contribution in [2.45, 2.75) is 57.5 Å². The minimum Gasteiger partial charge on any atom is -0.508 e. The van der Waals surface area contributed by atoms with Gasteiger partial charge in [-0.2, -0.15) is 0 Å². The van der Waals surface area contributed by atoms with Crippen LogP contribution in [0.25, 0.3) is 0 Å². The zero-order chi connectivity index (χ0) is 13.4. The maximum Gasteiger partial charge on any atom is 0.115 e. The summed E-state index contributed by atoms with van der Waals surface area (Å²) in [4.78, 5) is 2.61. The molecule has 0 aromatic heterocycles. The molecule has 3 unspecified atom stereocenters. The summed E-state index contributed by atoms with van der Waals surface area (Å²) in [6, 6.07) is 7.23. The van der Waals surface area contributed by atoms with Crippen LogP contribution in [0.1, 0.15) is 56.2 Å². The lowest BCUT2D eigenvalue weighted by Crippen LogP contribution is -2.37. The van der Waals surface area contributed by atoms with Gasteiger partial charge in [-0.05, 0) is 61.9 Å². The van der Waals surface area contributed by atoms with E-state index in [0.717, 1.165) is 18.4 Å². The summed E-state index contributed by atoms with van der Waals surface area (Å²) in [7, 11) is 2.30. The lowest BCUT2D eigenvalue weighted by molar-refractivity contribution is 0.118. The topological polar surface area (TPSA) is 23.5 Å². The minimum absolute atomic E-state index is 0.411. The molecule has 0 heterocycles. The van der Waals surface area contributed by atoms with Crippen LogP contribution in [-0.2, 0) is 6.42 Å². The van der Waals surface area contributed by atoms with E-state index in [2.05, 4.69) is 24.9 Å². The van der Waals surface area contributed by atoms with Gasteiger partial charge in [0.15, 0.2) is 0 Å². The Bertz CT molecular complexity index is 457. The standard InChI is InChI=1S/C17H25NO/c1-12-4-3-5-14(10-12)18(2)17-9-6-13-11-15(19)7-8-16(13)17/h7-8,11-12,14,17,19H,3-6,9-10H2,1-2H3. The van der Waals surface area contributed by atoms with E-state index in [1.165, 1.54) is 43.2 Å². The minimum atomic E-state index is 0.411. The van der Waals surface area contributed by atoms with Crippen molar-refractivity contribution in [2.24, 2.45) is 5.92 Å².